The monoisotopic (exact) mass is 206 g/mol. The number of carbonyl (C=O) groups excluding carboxylic acids is 1. The van der Waals surface area contributed by atoms with Crippen LogP contribution in [0.1, 0.15) is 11.1 Å². The van der Waals surface area contributed by atoms with Gasteiger partial charge in [0.2, 0.25) is 5.91 Å². The number of nitrogens with one attached hydrogen (secondary N) is 1. The highest BCUT2D eigenvalue weighted by Gasteiger charge is 1.99. The van der Waals surface area contributed by atoms with Gasteiger partial charge in [-0.25, -0.2) is 0 Å². The Morgan fingerprint density at radius 1 is 1.47 bits per heavy atom. The van der Waals surface area contributed by atoms with Gasteiger partial charge in [-0.05, 0) is 29.3 Å². The summed E-state index contributed by atoms with van der Waals surface area (Å²) < 4.78 is 0. The number of carbonyl (C=O) groups is 1. The van der Waals surface area contributed by atoms with Crippen molar-refractivity contribution in [3.05, 3.63) is 35.4 Å². The van der Waals surface area contributed by atoms with E-state index in [2.05, 4.69) is 5.43 Å². The van der Waals surface area contributed by atoms with Crippen LogP contribution in [0.3, 0.4) is 0 Å². The molecule has 1 aromatic carbocycles. The number of rotatable bonds is 4. The van der Waals surface area contributed by atoms with E-state index in [1.165, 1.54) is 6.08 Å². The van der Waals surface area contributed by atoms with Crippen LogP contribution in [0.4, 0.5) is 5.69 Å². The lowest BCUT2D eigenvalue weighted by Crippen LogP contribution is -2.11. The second kappa shape index (κ2) is 5.14. The van der Waals surface area contributed by atoms with Crippen molar-refractivity contribution in [3.63, 3.8) is 0 Å². The van der Waals surface area contributed by atoms with Gasteiger partial charge < -0.3 is 16.9 Å². The van der Waals surface area contributed by atoms with E-state index < -0.39 is 5.91 Å². The molecule has 0 spiro atoms. The molecule has 0 aromatic heterocycles. The molecule has 1 aromatic rings. The van der Waals surface area contributed by atoms with Crippen LogP contribution >= 0.6 is 0 Å². The Balaban J connectivity index is 2.97. The number of benzene rings is 1. The number of nitrogens with two attached hydrogens (primary N) is 3. The molecule has 0 atom stereocenters. The number of anilines is 1. The average molecular weight is 206 g/mol. The molecule has 0 aliphatic rings. The fourth-order valence-corrected chi connectivity index (χ4v) is 1.21. The zero-order valence-electron chi connectivity index (χ0n) is 8.23. The van der Waals surface area contributed by atoms with Crippen molar-refractivity contribution in [2.24, 2.45) is 17.3 Å². The van der Waals surface area contributed by atoms with E-state index in [0.29, 0.717) is 6.54 Å². The van der Waals surface area contributed by atoms with Crippen molar-refractivity contribution in [2.75, 3.05) is 5.43 Å². The third kappa shape index (κ3) is 3.08. The number of hydrogen-bond donors (Lipinski definition) is 4. The summed E-state index contributed by atoms with van der Waals surface area (Å²) in [6.45, 7) is 0.373. The van der Waals surface area contributed by atoms with E-state index in [0.717, 1.165) is 16.8 Å². The first-order chi connectivity index (χ1) is 7.17. The molecule has 5 nitrogen and oxygen atoms in total. The number of hydrazine groups is 1. The van der Waals surface area contributed by atoms with Crippen molar-refractivity contribution in [1.29, 1.82) is 0 Å². The summed E-state index contributed by atoms with van der Waals surface area (Å²) in [5, 5.41) is 0. The zero-order chi connectivity index (χ0) is 11.3. The molecule has 0 bridgehead atoms. The van der Waals surface area contributed by atoms with Crippen molar-refractivity contribution in [3.8, 4) is 0 Å². The Bertz CT molecular complexity index is 387. The summed E-state index contributed by atoms with van der Waals surface area (Å²) in [5.41, 5.74) is 15.6. The first-order valence-corrected chi connectivity index (χ1v) is 4.44. The Morgan fingerprint density at radius 2 is 2.20 bits per heavy atom. The van der Waals surface area contributed by atoms with Gasteiger partial charge in [0, 0.05) is 12.6 Å². The minimum Gasteiger partial charge on any atom is -0.366 e. The highest BCUT2D eigenvalue weighted by Crippen LogP contribution is 2.16. The molecule has 0 saturated heterocycles. The molecule has 7 N–H and O–H groups in total. The van der Waals surface area contributed by atoms with Gasteiger partial charge in [0.15, 0.2) is 0 Å². The number of amides is 1. The van der Waals surface area contributed by atoms with Crippen LogP contribution < -0.4 is 22.7 Å². The second-order valence-corrected chi connectivity index (χ2v) is 3.00. The van der Waals surface area contributed by atoms with Crippen LogP contribution in [0.5, 0.6) is 0 Å². The molecule has 0 aliphatic carbocycles. The first-order valence-electron chi connectivity index (χ1n) is 4.44. The molecule has 1 rings (SSSR count). The van der Waals surface area contributed by atoms with Gasteiger partial charge in [-0.15, -0.1) is 0 Å². The van der Waals surface area contributed by atoms with Gasteiger partial charge in [-0.3, -0.25) is 10.6 Å². The first kappa shape index (κ1) is 11.2. The highest BCUT2D eigenvalue weighted by atomic mass is 16.1. The Hall–Kier alpha value is -1.85. The molecule has 0 radical (unpaired) electrons. The molecular formula is C10H14N4O. The van der Waals surface area contributed by atoms with Crippen molar-refractivity contribution >= 4 is 17.7 Å². The summed E-state index contributed by atoms with van der Waals surface area (Å²) >= 11 is 0. The largest absolute Gasteiger partial charge is 0.366 e. The van der Waals surface area contributed by atoms with Crippen LogP contribution in [0, 0.1) is 0 Å². The van der Waals surface area contributed by atoms with Gasteiger partial charge in [-0.1, -0.05) is 6.07 Å². The third-order valence-corrected chi connectivity index (χ3v) is 1.94. The van der Waals surface area contributed by atoms with Gasteiger partial charge in [0.1, 0.15) is 0 Å². The SMILES string of the molecule is NCc1cc(/C=C/C(N)=O)ccc1NN. The molecule has 0 heterocycles. The van der Waals surface area contributed by atoms with Crippen molar-refractivity contribution < 1.29 is 4.79 Å². The standard InChI is InChI=1S/C10H14N4O/c11-6-8-5-7(2-4-10(12)15)1-3-9(8)14-13/h1-5,14H,6,11,13H2,(H2,12,15)/b4-2+. The lowest BCUT2D eigenvalue weighted by atomic mass is 10.1. The van der Waals surface area contributed by atoms with Crippen molar-refractivity contribution in [2.45, 2.75) is 6.54 Å². The fourth-order valence-electron chi connectivity index (χ4n) is 1.21. The molecule has 1 amide bonds. The molecule has 0 unspecified atom stereocenters. The Kier molecular flexibility index (Phi) is 3.84. The zero-order valence-corrected chi connectivity index (χ0v) is 8.23. The topological polar surface area (TPSA) is 107 Å². The van der Waals surface area contributed by atoms with Gasteiger partial charge >= 0.3 is 0 Å². The van der Waals surface area contributed by atoms with Crippen LogP contribution in [-0.4, -0.2) is 5.91 Å². The lowest BCUT2D eigenvalue weighted by molar-refractivity contribution is -0.113. The maximum Gasteiger partial charge on any atom is 0.241 e. The summed E-state index contributed by atoms with van der Waals surface area (Å²) in [5.74, 6) is 4.82. The quantitative estimate of drug-likeness (QED) is 0.314. The molecular weight excluding hydrogens is 192 g/mol. The third-order valence-electron chi connectivity index (χ3n) is 1.94. The fraction of sp³-hybridized carbons (Fsp3) is 0.100. The van der Waals surface area contributed by atoms with E-state index in [-0.39, 0.29) is 0 Å². The van der Waals surface area contributed by atoms with E-state index in [9.17, 15) is 4.79 Å². The molecule has 0 fully saturated rings. The summed E-state index contributed by atoms with van der Waals surface area (Å²) in [6.07, 6.45) is 2.92. The average Bonchev–Trinajstić information content (AvgIpc) is 2.25. The molecule has 15 heavy (non-hydrogen) atoms. The summed E-state index contributed by atoms with van der Waals surface area (Å²) in [6, 6.07) is 5.45. The van der Waals surface area contributed by atoms with Crippen LogP contribution in [0.25, 0.3) is 6.08 Å². The van der Waals surface area contributed by atoms with Crippen LogP contribution in [-0.2, 0) is 11.3 Å². The van der Waals surface area contributed by atoms with Gasteiger partial charge in [0.05, 0.1) is 5.69 Å². The molecule has 5 heteroatoms. The van der Waals surface area contributed by atoms with Crippen LogP contribution in [0.2, 0.25) is 0 Å². The normalized spacial score (nSPS) is 10.5. The predicted octanol–water partition coefficient (Wildman–Crippen LogP) is -0.0706. The maximum atomic E-state index is 10.5. The second-order valence-electron chi connectivity index (χ2n) is 3.00. The minimum atomic E-state index is -0.481. The molecule has 80 valence electrons. The highest BCUT2D eigenvalue weighted by molar-refractivity contribution is 5.90. The Labute approximate surface area is 87.9 Å². The number of nitrogen functional groups attached to an aromatic ring is 1. The van der Waals surface area contributed by atoms with E-state index >= 15 is 0 Å². The molecule has 0 saturated carbocycles. The molecule has 0 aliphatic heterocycles. The van der Waals surface area contributed by atoms with E-state index in [1.54, 1.807) is 12.1 Å². The summed E-state index contributed by atoms with van der Waals surface area (Å²) in [4.78, 5) is 10.5. The van der Waals surface area contributed by atoms with Crippen molar-refractivity contribution in [1.82, 2.24) is 0 Å². The van der Waals surface area contributed by atoms with Crippen LogP contribution in [0.15, 0.2) is 24.3 Å². The van der Waals surface area contributed by atoms with Gasteiger partial charge in [-0.2, -0.15) is 0 Å². The predicted molar refractivity (Wildman–Crippen MR) is 60.4 cm³/mol. The van der Waals surface area contributed by atoms with E-state index in [4.69, 9.17) is 17.3 Å². The number of primary amides is 1. The van der Waals surface area contributed by atoms with Gasteiger partial charge in [0.25, 0.3) is 0 Å². The maximum absolute atomic E-state index is 10.5. The smallest absolute Gasteiger partial charge is 0.241 e. The number of hydrogen-bond acceptors (Lipinski definition) is 4. The summed E-state index contributed by atoms with van der Waals surface area (Å²) in [7, 11) is 0. The lowest BCUT2D eigenvalue weighted by Gasteiger charge is -2.07. The minimum absolute atomic E-state index is 0.373. The Morgan fingerprint density at radius 3 is 2.73 bits per heavy atom. The van der Waals surface area contributed by atoms with E-state index in [1.807, 2.05) is 12.1 Å².